The Morgan fingerprint density at radius 3 is 2.50 bits per heavy atom. The van der Waals surface area contributed by atoms with Crippen molar-refractivity contribution in [2.24, 2.45) is 11.7 Å². The fraction of sp³-hybridized carbons (Fsp3) is 0.462. The van der Waals surface area contributed by atoms with Crippen molar-refractivity contribution < 1.29 is 19.4 Å². The summed E-state index contributed by atoms with van der Waals surface area (Å²) in [6.45, 7) is 0. The second kappa shape index (κ2) is 4.86. The molecule has 1 aromatic carbocycles. The molecule has 0 heterocycles. The summed E-state index contributed by atoms with van der Waals surface area (Å²) in [4.78, 5) is 11.2. The topological polar surface area (TPSA) is 81.8 Å². The van der Waals surface area contributed by atoms with E-state index in [1.807, 2.05) is 6.07 Å². The number of benzene rings is 1. The van der Waals surface area contributed by atoms with E-state index in [9.17, 15) is 9.90 Å². The fourth-order valence-electron chi connectivity index (χ4n) is 2.57. The molecule has 0 amide bonds. The third-order valence-electron chi connectivity index (χ3n) is 3.50. The van der Waals surface area contributed by atoms with E-state index >= 15 is 0 Å². The van der Waals surface area contributed by atoms with E-state index in [1.165, 1.54) is 0 Å². The highest BCUT2D eigenvalue weighted by atomic mass is 16.5. The number of hydrogen-bond donors (Lipinski definition) is 2. The molecule has 18 heavy (non-hydrogen) atoms. The lowest BCUT2D eigenvalue weighted by Gasteiger charge is -2.30. The summed E-state index contributed by atoms with van der Waals surface area (Å²) in [5.74, 6) is -0.0640. The third-order valence-corrected chi connectivity index (χ3v) is 3.50. The Hall–Kier alpha value is -1.75. The summed E-state index contributed by atoms with van der Waals surface area (Å²) < 4.78 is 10.6. The van der Waals surface area contributed by atoms with Crippen LogP contribution in [0.1, 0.15) is 23.6 Å². The van der Waals surface area contributed by atoms with E-state index < -0.39 is 17.9 Å². The molecule has 0 fully saturated rings. The molecule has 0 radical (unpaired) electrons. The molecule has 1 aromatic rings. The molecule has 1 aliphatic carbocycles. The SMILES string of the molecule is COc1ccc(OC)c2c1CCC(C(=O)O)C2N. The van der Waals surface area contributed by atoms with Gasteiger partial charge in [0.1, 0.15) is 11.5 Å². The van der Waals surface area contributed by atoms with Gasteiger partial charge in [-0.25, -0.2) is 0 Å². The monoisotopic (exact) mass is 251 g/mol. The van der Waals surface area contributed by atoms with Crippen molar-refractivity contribution in [3.63, 3.8) is 0 Å². The van der Waals surface area contributed by atoms with Crippen LogP contribution in [0.15, 0.2) is 12.1 Å². The molecule has 2 rings (SSSR count). The number of aliphatic carboxylic acids is 1. The Balaban J connectivity index is 2.54. The minimum Gasteiger partial charge on any atom is -0.496 e. The van der Waals surface area contributed by atoms with Gasteiger partial charge in [0.05, 0.1) is 20.1 Å². The number of carboxylic acid groups (broad SMARTS) is 1. The van der Waals surface area contributed by atoms with Crippen LogP contribution in [0.3, 0.4) is 0 Å². The summed E-state index contributed by atoms with van der Waals surface area (Å²) in [6.07, 6.45) is 1.16. The van der Waals surface area contributed by atoms with Crippen LogP contribution in [-0.2, 0) is 11.2 Å². The summed E-state index contributed by atoms with van der Waals surface area (Å²) in [7, 11) is 3.15. The average molecular weight is 251 g/mol. The minimum atomic E-state index is -0.863. The first-order chi connectivity index (χ1) is 8.60. The van der Waals surface area contributed by atoms with E-state index in [4.69, 9.17) is 15.2 Å². The number of rotatable bonds is 3. The van der Waals surface area contributed by atoms with E-state index in [0.29, 0.717) is 18.6 Å². The lowest BCUT2D eigenvalue weighted by Crippen LogP contribution is -2.33. The first kappa shape index (κ1) is 12.7. The standard InChI is InChI=1S/C13H17NO4/c1-17-9-5-6-10(18-2)11-7(9)3-4-8(12(11)14)13(15)16/h5-6,8,12H,3-4,14H2,1-2H3,(H,15,16). The van der Waals surface area contributed by atoms with Gasteiger partial charge in [-0.2, -0.15) is 0 Å². The van der Waals surface area contributed by atoms with Crippen molar-refractivity contribution in [3.05, 3.63) is 23.3 Å². The number of nitrogens with two attached hydrogens (primary N) is 1. The van der Waals surface area contributed by atoms with Crippen LogP contribution in [0.4, 0.5) is 0 Å². The zero-order valence-corrected chi connectivity index (χ0v) is 10.5. The van der Waals surface area contributed by atoms with Gasteiger partial charge < -0.3 is 20.3 Å². The van der Waals surface area contributed by atoms with E-state index in [-0.39, 0.29) is 0 Å². The normalized spacial score (nSPS) is 22.2. The van der Waals surface area contributed by atoms with Gasteiger partial charge in [-0.15, -0.1) is 0 Å². The van der Waals surface area contributed by atoms with Gasteiger partial charge in [0.25, 0.3) is 0 Å². The molecular formula is C13H17NO4. The maximum Gasteiger partial charge on any atom is 0.308 e. The average Bonchev–Trinajstić information content (AvgIpc) is 2.37. The first-order valence-corrected chi connectivity index (χ1v) is 5.82. The fourth-order valence-corrected chi connectivity index (χ4v) is 2.57. The molecular weight excluding hydrogens is 234 g/mol. The van der Waals surface area contributed by atoms with E-state index in [0.717, 1.165) is 16.9 Å². The lowest BCUT2D eigenvalue weighted by atomic mass is 9.79. The molecule has 0 aliphatic heterocycles. The Morgan fingerprint density at radius 1 is 1.33 bits per heavy atom. The third kappa shape index (κ3) is 1.90. The zero-order chi connectivity index (χ0) is 13.3. The van der Waals surface area contributed by atoms with Gasteiger partial charge in [0.2, 0.25) is 0 Å². The molecule has 98 valence electrons. The van der Waals surface area contributed by atoms with Crippen molar-refractivity contribution >= 4 is 5.97 Å². The molecule has 0 saturated heterocycles. The Labute approximate surface area is 106 Å². The van der Waals surface area contributed by atoms with Gasteiger partial charge in [-0.3, -0.25) is 4.79 Å². The van der Waals surface area contributed by atoms with E-state index in [2.05, 4.69) is 0 Å². The van der Waals surface area contributed by atoms with Crippen molar-refractivity contribution in [1.29, 1.82) is 0 Å². The highest BCUT2D eigenvalue weighted by Crippen LogP contribution is 2.42. The quantitative estimate of drug-likeness (QED) is 0.847. The zero-order valence-electron chi connectivity index (χ0n) is 10.5. The smallest absolute Gasteiger partial charge is 0.308 e. The number of fused-ring (bicyclic) bond motifs is 1. The lowest BCUT2D eigenvalue weighted by molar-refractivity contribution is -0.143. The summed E-state index contributed by atoms with van der Waals surface area (Å²) in [6, 6.07) is 3.03. The molecule has 5 nitrogen and oxygen atoms in total. The second-order valence-corrected chi connectivity index (χ2v) is 4.37. The molecule has 0 spiro atoms. The van der Waals surface area contributed by atoms with Gasteiger partial charge >= 0.3 is 5.97 Å². The first-order valence-electron chi connectivity index (χ1n) is 5.82. The predicted molar refractivity (Wildman–Crippen MR) is 65.9 cm³/mol. The summed E-state index contributed by atoms with van der Waals surface area (Å²) in [5.41, 5.74) is 7.79. The van der Waals surface area contributed by atoms with Crippen LogP contribution >= 0.6 is 0 Å². The minimum absolute atomic E-state index is 0.521. The van der Waals surface area contributed by atoms with Crippen molar-refractivity contribution in [3.8, 4) is 11.5 Å². The van der Waals surface area contributed by atoms with Gasteiger partial charge in [0, 0.05) is 17.2 Å². The van der Waals surface area contributed by atoms with Gasteiger partial charge in [-0.1, -0.05) is 0 Å². The van der Waals surface area contributed by atoms with Gasteiger partial charge in [-0.05, 0) is 25.0 Å². The van der Waals surface area contributed by atoms with Crippen LogP contribution in [0.2, 0.25) is 0 Å². The van der Waals surface area contributed by atoms with Crippen LogP contribution in [0.25, 0.3) is 0 Å². The van der Waals surface area contributed by atoms with E-state index in [1.54, 1.807) is 20.3 Å². The summed E-state index contributed by atoms with van der Waals surface area (Å²) >= 11 is 0. The highest BCUT2D eigenvalue weighted by Gasteiger charge is 2.35. The molecule has 0 aromatic heterocycles. The largest absolute Gasteiger partial charge is 0.496 e. The van der Waals surface area contributed by atoms with Crippen molar-refractivity contribution in [1.82, 2.24) is 0 Å². The maximum atomic E-state index is 11.2. The molecule has 2 atom stereocenters. The second-order valence-electron chi connectivity index (χ2n) is 4.37. The van der Waals surface area contributed by atoms with Crippen LogP contribution < -0.4 is 15.2 Å². The number of ether oxygens (including phenoxy) is 2. The Kier molecular flexibility index (Phi) is 3.43. The maximum absolute atomic E-state index is 11.2. The van der Waals surface area contributed by atoms with Crippen LogP contribution in [-0.4, -0.2) is 25.3 Å². The number of methoxy groups -OCH3 is 2. The molecule has 1 aliphatic rings. The number of carbonyl (C=O) groups is 1. The van der Waals surface area contributed by atoms with Crippen LogP contribution in [0, 0.1) is 5.92 Å². The molecule has 0 saturated carbocycles. The van der Waals surface area contributed by atoms with Crippen molar-refractivity contribution in [2.75, 3.05) is 14.2 Å². The highest BCUT2D eigenvalue weighted by molar-refractivity contribution is 5.73. The number of carboxylic acids is 1. The van der Waals surface area contributed by atoms with Crippen LogP contribution in [0.5, 0.6) is 11.5 Å². The summed E-state index contributed by atoms with van der Waals surface area (Å²) in [5, 5.41) is 9.17. The molecule has 5 heteroatoms. The van der Waals surface area contributed by atoms with Gasteiger partial charge in [0.15, 0.2) is 0 Å². The van der Waals surface area contributed by atoms with Crippen molar-refractivity contribution in [2.45, 2.75) is 18.9 Å². The predicted octanol–water partition coefficient (Wildman–Crippen LogP) is 1.35. The molecule has 2 unspecified atom stereocenters. The number of hydrogen-bond acceptors (Lipinski definition) is 4. The Morgan fingerprint density at radius 2 is 1.94 bits per heavy atom. The molecule has 3 N–H and O–H groups in total. The Bertz CT molecular complexity index is 472. The molecule has 0 bridgehead atoms.